The summed E-state index contributed by atoms with van der Waals surface area (Å²) in [7, 11) is 0. The van der Waals surface area contributed by atoms with E-state index in [2.05, 4.69) is 16.0 Å². The number of thiocarbonyl (C=S) groups is 1. The lowest BCUT2D eigenvalue weighted by atomic mass is 10.2. The standard InChI is InChI=1S/C30H27N3O5S/c34-28(21-38-25-14-5-2-6-15-25)31-22-10-9-11-23(20-22)32-30(39)33-29(35)26-16-7-8-17-27(26)37-19-18-36-24-12-3-1-4-13-24/h1-17,20H,18-19,21H2,(H,31,34)(H2,32,33,35,39). The number of carbonyl (C=O) groups is 2. The molecule has 0 aliphatic carbocycles. The molecule has 0 aliphatic heterocycles. The maximum absolute atomic E-state index is 12.9. The second kappa shape index (κ2) is 14.2. The van der Waals surface area contributed by atoms with Crippen LogP contribution in [0.3, 0.4) is 0 Å². The molecule has 39 heavy (non-hydrogen) atoms. The summed E-state index contributed by atoms with van der Waals surface area (Å²) in [5.41, 5.74) is 1.47. The summed E-state index contributed by atoms with van der Waals surface area (Å²) in [6.45, 7) is 0.456. The largest absolute Gasteiger partial charge is 0.490 e. The van der Waals surface area contributed by atoms with Gasteiger partial charge in [0.15, 0.2) is 11.7 Å². The van der Waals surface area contributed by atoms with E-state index in [4.69, 9.17) is 26.4 Å². The van der Waals surface area contributed by atoms with Gasteiger partial charge in [0.1, 0.15) is 30.5 Å². The van der Waals surface area contributed by atoms with Gasteiger partial charge in [-0.2, -0.15) is 0 Å². The minimum absolute atomic E-state index is 0.0955. The Morgan fingerprint density at radius 2 is 1.23 bits per heavy atom. The lowest BCUT2D eigenvalue weighted by Gasteiger charge is -2.14. The summed E-state index contributed by atoms with van der Waals surface area (Å²) in [5.74, 6) is 1.04. The molecule has 0 fully saturated rings. The summed E-state index contributed by atoms with van der Waals surface area (Å²) in [4.78, 5) is 25.2. The van der Waals surface area contributed by atoms with Crippen LogP contribution in [0.5, 0.6) is 17.2 Å². The molecular weight excluding hydrogens is 514 g/mol. The molecule has 8 nitrogen and oxygen atoms in total. The van der Waals surface area contributed by atoms with Crippen molar-refractivity contribution in [2.24, 2.45) is 0 Å². The zero-order chi connectivity index (χ0) is 27.3. The minimum atomic E-state index is -0.422. The van der Waals surface area contributed by atoms with Crippen molar-refractivity contribution in [3.05, 3.63) is 115 Å². The van der Waals surface area contributed by atoms with E-state index in [9.17, 15) is 9.59 Å². The zero-order valence-electron chi connectivity index (χ0n) is 21.0. The van der Waals surface area contributed by atoms with Gasteiger partial charge >= 0.3 is 0 Å². The van der Waals surface area contributed by atoms with Gasteiger partial charge in [-0.25, -0.2) is 0 Å². The first-order chi connectivity index (χ1) is 19.1. The summed E-state index contributed by atoms with van der Waals surface area (Å²) in [5, 5.41) is 8.49. The van der Waals surface area contributed by atoms with Crippen LogP contribution in [0.15, 0.2) is 109 Å². The number of ether oxygens (including phenoxy) is 3. The van der Waals surface area contributed by atoms with Crippen molar-refractivity contribution in [2.75, 3.05) is 30.5 Å². The molecule has 0 aromatic heterocycles. The molecule has 198 valence electrons. The third kappa shape index (κ3) is 8.87. The van der Waals surface area contributed by atoms with Crippen molar-refractivity contribution in [3.63, 3.8) is 0 Å². The Morgan fingerprint density at radius 3 is 1.95 bits per heavy atom. The van der Waals surface area contributed by atoms with E-state index in [1.807, 2.05) is 48.5 Å². The molecule has 0 saturated carbocycles. The number of hydrogen-bond acceptors (Lipinski definition) is 6. The molecule has 4 aromatic rings. The second-order valence-corrected chi connectivity index (χ2v) is 8.55. The van der Waals surface area contributed by atoms with Crippen molar-refractivity contribution in [1.29, 1.82) is 0 Å². The highest BCUT2D eigenvalue weighted by Gasteiger charge is 2.14. The Balaban J connectivity index is 1.26. The van der Waals surface area contributed by atoms with Gasteiger partial charge in [0.2, 0.25) is 0 Å². The van der Waals surface area contributed by atoms with Crippen molar-refractivity contribution in [3.8, 4) is 17.2 Å². The number of carbonyl (C=O) groups excluding carboxylic acids is 2. The summed E-state index contributed by atoms with van der Waals surface area (Å²) in [6.07, 6.45) is 0. The quantitative estimate of drug-likeness (QED) is 0.175. The van der Waals surface area contributed by atoms with Gasteiger partial charge in [-0.1, -0.05) is 54.6 Å². The highest BCUT2D eigenvalue weighted by atomic mass is 32.1. The van der Waals surface area contributed by atoms with Crippen LogP contribution in [0.25, 0.3) is 0 Å². The zero-order valence-corrected chi connectivity index (χ0v) is 21.8. The average Bonchev–Trinajstić information content (AvgIpc) is 2.95. The van der Waals surface area contributed by atoms with Crippen LogP contribution in [-0.4, -0.2) is 36.7 Å². The highest BCUT2D eigenvalue weighted by Crippen LogP contribution is 2.19. The fraction of sp³-hybridized carbons (Fsp3) is 0.100. The van der Waals surface area contributed by atoms with Crippen LogP contribution in [0.2, 0.25) is 0 Å². The third-order valence-electron chi connectivity index (χ3n) is 5.23. The Labute approximate surface area is 231 Å². The maximum atomic E-state index is 12.9. The number of benzene rings is 4. The van der Waals surface area contributed by atoms with E-state index < -0.39 is 5.91 Å². The Morgan fingerprint density at radius 1 is 0.641 bits per heavy atom. The lowest BCUT2D eigenvalue weighted by molar-refractivity contribution is -0.118. The lowest BCUT2D eigenvalue weighted by Crippen LogP contribution is -2.34. The third-order valence-corrected chi connectivity index (χ3v) is 5.43. The van der Waals surface area contributed by atoms with Crippen molar-refractivity contribution >= 4 is 40.5 Å². The first-order valence-electron chi connectivity index (χ1n) is 12.2. The molecule has 2 amide bonds. The van der Waals surface area contributed by atoms with Crippen LogP contribution >= 0.6 is 12.2 Å². The fourth-order valence-corrected chi connectivity index (χ4v) is 3.69. The van der Waals surface area contributed by atoms with E-state index in [0.717, 1.165) is 5.75 Å². The van der Waals surface area contributed by atoms with Crippen molar-refractivity contribution in [2.45, 2.75) is 0 Å². The summed E-state index contributed by atoms with van der Waals surface area (Å²) < 4.78 is 16.9. The van der Waals surface area contributed by atoms with Crippen LogP contribution in [0.4, 0.5) is 11.4 Å². The molecule has 0 aliphatic rings. The number of rotatable bonds is 11. The maximum Gasteiger partial charge on any atom is 0.262 e. The second-order valence-electron chi connectivity index (χ2n) is 8.15. The van der Waals surface area contributed by atoms with Crippen molar-refractivity contribution < 1.29 is 23.8 Å². The normalized spacial score (nSPS) is 10.2. The molecule has 0 heterocycles. The first-order valence-corrected chi connectivity index (χ1v) is 12.6. The summed E-state index contributed by atoms with van der Waals surface area (Å²) >= 11 is 5.33. The number of amides is 2. The number of nitrogens with one attached hydrogen (secondary N) is 3. The highest BCUT2D eigenvalue weighted by molar-refractivity contribution is 7.80. The molecule has 0 spiro atoms. The van der Waals surface area contributed by atoms with E-state index in [1.165, 1.54) is 0 Å². The van der Waals surface area contributed by atoms with E-state index in [-0.39, 0.29) is 24.2 Å². The number of hydrogen-bond donors (Lipinski definition) is 3. The SMILES string of the molecule is O=C(COc1ccccc1)Nc1cccc(NC(=S)NC(=O)c2ccccc2OCCOc2ccccc2)c1. The molecule has 0 saturated heterocycles. The van der Waals surface area contributed by atoms with E-state index >= 15 is 0 Å². The van der Waals surface area contributed by atoms with Gasteiger partial charge in [-0.15, -0.1) is 0 Å². The molecule has 0 atom stereocenters. The Hall–Kier alpha value is -4.89. The van der Waals surface area contributed by atoms with Gasteiger partial charge in [0.25, 0.3) is 11.8 Å². The van der Waals surface area contributed by atoms with Crippen LogP contribution in [-0.2, 0) is 4.79 Å². The Kier molecular flexibility index (Phi) is 9.85. The van der Waals surface area contributed by atoms with E-state index in [1.54, 1.807) is 60.7 Å². The van der Waals surface area contributed by atoms with Gasteiger partial charge in [-0.3, -0.25) is 14.9 Å². The number of para-hydroxylation sites is 3. The predicted octanol–water partition coefficient (Wildman–Crippen LogP) is 5.29. The van der Waals surface area contributed by atoms with E-state index in [0.29, 0.717) is 35.0 Å². The fourth-order valence-electron chi connectivity index (χ4n) is 3.48. The van der Waals surface area contributed by atoms with Gasteiger partial charge in [0.05, 0.1) is 5.56 Å². The topological polar surface area (TPSA) is 97.9 Å². The predicted molar refractivity (Wildman–Crippen MR) is 155 cm³/mol. The first kappa shape index (κ1) is 27.2. The van der Waals surface area contributed by atoms with Gasteiger partial charge in [0, 0.05) is 11.4 Å². The monoisotopic (exact) mass is 541 g/mol. The smallest absolute Gasteiger partial charge is 0.262 e. The molecule has 3 N–H and O–H groups in total. The molecule has 0 bridgehead atoms. The van der Waals surface area contributed by atoms with Gasteiger partial charge < -0.3 is 24.8 Å². The molecule has 9 heteroatoms. The molecule has 0 unspecified atom stereocenters. The van der Waals surface area contributed by atoms with Crippen LogP contribution < -0.4 is 30.2 Å². The molecule has 4 aromatic carbocycles. The van der Waals surface area contributed by atoms with Crippen LogP contribution in [0.1, 0.15) is 10.4 Å². The molecule has 0 radical (unpaired) electrons. The summed E-state index contributed by atoms with van der Waals surface area (Å²) in [6, 6.07) is 32.3. The molecular formula is C30H27N3O5S. The number of anilines is 2. The minimum Gasteiger partial charge on any atom is -0.490 e. The Bertz CT molecular complexity index is 1400. The average molecular weight is 542 g/mol. The van der Waals surface area contributed by atoms with Crippen molar-refractivity contribution in [1.82, 2.24) is 5.32 Å². The van der Waals surface area contributed by atoms with Gasteiger partial charge in [-0.05, 0) is 66.8 Å². The molecule has 4 rings (SSSR count). The van der Waals surface area contributed by atoms with Crippen LogP contribution in [0, 0.1) is 0 Å².